The molecular formula is C14H26OS. The monoisotopic (exact) mass is 242 g/mol. The Balaban J connectivity index is 0. The van der Waals surface area contributed by atoms with E-state index in [1.807, 2.05) is 45.9 Å². The predicted octanol–water partition coefficient (Wildman–Crippen LogP) is 4.15. The van der Waals surface area contributed by atoms with E-state index in [9.17, 15) is 0 Å². The van der Waals surface area contributed by atoms with Crippen molar-refractivity contribution in [2.75, 3.05) is 0 Å². The van der Waals surface area contributed by atoms with E-state index in [1.54, 1.807) is 0 Å². The first kappa shape index (κ1) is 17.9. The minimum Gasteiger partial charge on any atom is -0.392 e. The van der Waals surface area contributed by atoms with Crippen molar-refractivity contribution in [3.63, 3.8) is 0 Å². The lowest BCUT2D eigenvalue weighted by Gasteiger charge is -2.00. The van der Waals surface area contributed by atoms with Crippen LogP contribution in [-0.4, -0.2) is 10.4 Å². The van der Waals surface area contributed by atoms with Crippen LogP contribution >= 0.6 is 12.6 Å². The van der Waals surface area contributed by atoms with Gasteiger partial charge in [-0.2, -0.15) is 12.6 Å². The average Bonchev–Trinajstić information content (AvgIpc) is 2.24. The second-order valence-electron chi connectivity index (χ2n) is 3.67. The summed E-state index contributed by atoms with van der Waals surface area (Å²) in [4.78, 5) is 0. The van der Waals surface area contributed by atoms with Crippen molar-refractivity contribution in [1.29, 1.82) is 0 Å². The average molecular weight is 242 g/mol. The SMILES string of the molecule is CC.CC(C)S.Cc1ccc(CO)cc1C. The fourth-order valence-electron chi connectivity index (χ4n) is 0.902. The number of benzene rings is 1. The maximum atomic E-state index is 8.75. The highest BCUT2D eigenvalue weighted by Crippen LogP contribution is 2.08. The zero-order valence-electron chi connectivity index (χ0n) is 11.4. The Morgan fingerprint density at radius 3 is 1.88 bits per heavy atom. The molecule has 0 heterocycles. The fraction of sp³-hybridized carbons (Fsp3) is 0.571. The summed E-state index contributed by atoms with van der Waals surface area (Å²) in [7, 11) is 0. The van der Waals surface area contributed by atoms with Crippen LogP contribution in [0.25, 0.3) is 0 Å². The Morgan fingerprint density at radius 2 is 1.56 bits per heavy atom. The van der Waals surface area contributed by atoms with E-state index in [-0.39, 0.29) is 6.61 Å². The third kappa shape index (κ3) is 10.1. The molecule has 0 aromatic heterocycles. The van der Waals surface area contributed by atoms with Crippen LogP contribution in [0.5, 0.6) is 0 Å². The molecule has 0 aliphatic heterocycles. The minimum atomic E-state index is 0.140. The van der Waals surface area contributed by atoms with Crippen molar-refractivity contribution in [1.82, 2.24) is 0 Å². The maximum absolute atomic E-state index is 8.75. The molecular weight excluding hydrogens is 216 g/mol. The van der Waals surface area contributed by atoms with Gasteiger partial charge in [0.2, 0.25) is 0 Å². The molecule has 0 atom stereocenters. The van der Waals surface area contributed by atoms with Crippen LogP contribution in [0.2, 0.25) is 0 Å². The summed E-state index contributed by atoms with van der Waals surface area (Å²) in [6, 6.07) is 5.98. The molecule has 2 heteroatoms. The molecule has 0 aliphatic carbocycles. The van der Waals surface area contributed by atoms with Gasteiger partial charge in [-0.1, -0.05) is 45.9 Å². The first-order chi connectivity index (χ1) is 7.47. The van der Waals surface area contributed by atoms with Crippen molar-refractivity contribution in [2.24, 2.45) is 0 Å². The molecule has 0 fully saturated rings. The molecule has 0 amide bonds. The molecule has 1 aromatic carbocycles. The lowest BCUT2D eigenvalue weighted by molar-refractivity contribution is 0.282. The summed E-state index contributed by atoms with van der Waals surface area (Å²) in [5.74, 6) is 0. The second-order valence-corrected chi connectivity index (χ2v) is 4.70. The van der Waals surface area contributed by atoms with E-state index in [1.165, 1.54) is 11.1 Å². The predicted molar refractivity (Wildman–Crippen MR) is 77.3 cm³/mol. The largest absolute Gasteiger partial charge is 0.392 e. The fourth-order valence-corrected chi connectivity index (χ4v) is 0.902. The lowest BCUT2D eigenvalue weighted by atomic mass is 10.1. The first-order valence-corrected chi connectivity index (χ1v) is 6.34. The molecule has 94 valence electrons. The van der Waals surface area contributed by atoms with E-state index in [0.29, 0.717) is 5.25 Å². The van der Waals surface area contributed by atoms with E-state index in [2.05, 4.69) is 26.5 Å². The van der Waals surface area contributed by atoms with Crippen LogP contribution < -0.4 is 0 Å². The molecule has 0 radical (unpaired) electrons. The quantitative estimate of drug-likeness (QED) is 0.709. The van der Waals surface area contributed by atoms with E-state index in [0.717, 1.165) is 5.56 Å². The van der Waals surface area contributed by atoms with Gasteiger partial charge in [0.25, 0.3) is 0 Å². The van der Waals surface area contributed by atoms with Gasteiger partial charge < -0.3 is 5.11 Å². The second kappa shape index (κ2) is 11.0. The van der Waals surface area contributed by atoms with E-state index >= 15 is 0 Å². The number of aliphatic hydroxyl groups excluding tert-OH is 1. The van der Waals surface area contributed by atoms with Gasteiger partial charge in [0.1, 0.15) is 0 Å². The molecule has 1 nitrogen and oxygen atoms in total. The zero-order valence-corrected chi connectivity index (χ0v) is 12.3. The van der Waals surface area contributed by atoms with Crippen molar-refractivity contribution in [3.05, 3.63) is 34.9 Å². The highest BCUT2D eigenvalue weighted by molar-refractivity contribution is 7.80. The molecule has 0 saturated carbocycles. The summed E-state index contributed by atoms with van der Waals surface area (Å²) < 4.78 is 0. The molecule has 1 N–H and O–H groups in total. The van der Waals surface area contributed by atoms with Gasteiger partial charge >= 0.3 is 0 Å². The molecule has 0 aliphatic rings. The van der Waals surface area contributed by atoms with Gasteiger partial charge in [0.05, 0.1) is 6.61 Å². The molecule has 16 heavy (non-hydrogen) atoms. The highest BCUT2D eigenvalue weighted by atomic mass is 32.1. The van der Waals surface area contributed by atoms with Gasteiger partial charge in [-0.15, -0.1) is 0 Å². The Bertz CT molecular complexity index is 267. The summed E-state index contributed by atoms with van der Waals surface area (Å²) in [5, 5.41) is 9.28. The molecule has 1 rings (SSSR count). The summed E-state index contributed by atoms with van der Waals surface area (Å²) in [6.45, 7) is 12.3. The zero-order chi connectivity index (χ0) is 13.1. The van der Waals surface area contributed by atoms with Gasteiger partial charge in [-0.3, -0.25) is 0 Å². The third-order valence-corrected chi connectivity index (χ3v) is 1.75. The Morgan fingerprint density at radius 1 is 1.12 bits per heavy atom. The van der Waals surface area contributed by atoms with Crippen LogP contribution in [0, 0.1) is 13.8 Å². The Hall–Kier alpha value is -0.470. The number of hydrogen-bond donors (Lipinski definition) is 2. The van der Waals surface area contributed by atoms with Crippen LogP contribution in [-0.2, 0) is 6.61 Å². The molecule has 0 bridgehead atoms. The molecule has 0 unspecified atom stereocenters. The first-order valence-electron chi connectivity index (χ1n) is 5.82. The molecule has 0 spiro atoms. The van der Waals surface area contributed by atoms with Crippen molar-refractivity contribution in [3.8, 4) is 0 Å². The topological polar surface area (TPSA) is 20.2 Å². The molecule has 1 aromatic rings. The number of aryl methyl sites for hydroxylation is 2. The number of aliphatic hydroxyl groups is 1. The number of thiol groups is 1. The van der Waals surface area contributed by atoms with Crippen molar-refractivity contribution >= 4 is 12.6 Å². The summed E-state index contributed by atoms with van der Waals surface area (Å²) in [5.41, 5.74) is 3.51. The van der Waals surface area contributed by atoms with Gasteiger partial charge in [-0.05, 0) is 35.8 Å². The van der Waals surface area contributed by atoms with Crippen molar-refractivity contribution < 1.29 is 5.11 Å². The summed E-state index contributed by atoms with van der Waals surface area (Å²) >= 11 is 3.97. The lowest BCUT2D eigenvalue weighted by Crippen LogP contribution is -1.86. The van der Waals surface area contributed by atoms with E-state index < -0.39 is 0 Å². The van der Waals surface area contributed by atoms with Gasteiger partial charge in [0.15, 0.2) is 0 Å². The van der Waals surface area contributed by atoms with Gasteiger partial charge in [-0.25, -0.2) is 0 Å². The normalized spacial score (nSPS) is 8.81. The Labute approximate surface area is 106 Å². The van der Waals surface area contributed by atoms with Gasteiger partial charge in [0, 0.05) is 0 Å². The molecule has 0 saturated heterocycles. The standard InChI is InChI=1S/C9H12O.C3H8S.C2H6/c1-7-3-4-9(6-10)5-8(7)2;1-3(2)4;1-2/h3-5,10H,6H2,1-2H3;3-4H,1-2H3;1-2H3. The van der Waals surface area contributed by atoms with Crippen LogP contribution in [0.15, 0.2) is 18.2 Å². The van der Waals surface area contributed by atoms with Crippen LogP contribution in [0.1, 0.15) is 44.4 Å². The van der Waals surface area contributed by atoms with E-state index in [4.69, 9.17) is 5.11 Å². The minimum absolute atomic E-state index is 0.140. The Kier molecular flexibility index (Phi) is 12.3. The van der Waals surface area contributed by atoms with Crippen LogP contribution in [0.4, 0.5) is 0 Å². The maximum Gasteiger partial charge on any atom is 0.0681 e. The van der Waals surface area contributed by atoms with Crippen molar-refractivity contribution in [2.45, 2.75) is 53.4 Å². The highest BCUT2D eigenvalue weighted by Gasteiger charge is 1.92. The number of hydrogen-bond acceptors (Lipinski definition) is 2. The number of rotatable bonds is 1. The third-order valence-electron chi connectivity index (χ3n) is 1.75. The van der Waals surface area contributed by atoms with Crippen LogP contribution in [0.3, 0.4) is 0 Å². The smallest absolute Gasteiger partial charge is 0.0681 e. The summed E-state index contributed by atoms with van der Waals surface area (Å²) in [6.07, 6.45) is 0.